The summed E-state index contributed by atoms with van der Waals surface area (Å²) >= 11 is 0. The van der Waals surface area contributed by atoms with Crippen LogP contribution in [0, 0.1) is 6.92 Å². The highest BCUT2D eigenvalue weighted by Crippen LogP contribution is 2.36. The Kier molecular flexibility index (Phi) is 5.60. The molecule has 182 valence electrons. The zero-order valence-corrected chi connectivity index (χ0v) is 19.9. The maximum atomic E-state index is 13.9. The molecule has 3 aliphatic rings. The van der Waals surface area contributed by atoms with Gasteiger partial charge in [0.05, 0.1) is 11.7 Å². The van der Waals surface area contributed by atoms with E-state index in [1.807, 2.05) is 31.2 Å². The number of aromatic nitrogens is 4. The first-order valence-electron chi connectivity index (χ1n) is 12.5. The SMILES string of the molecule is Cc1nnc2c(NCCCN3CCCC3)cc(C(=O)N3[C@H]4Cc5ccccc5[C@@H]3CNC4=O)nn12. The number of carbonyl (C=O) groups excluding carboxylic acids is 2. The van der Waals surface area contributed by atoms with Gasteiger partial charge in [0.2, 0.25) is 11.6 Å². The molecule has 2 fully saturated rings. The summed E-state index contributed by atoms with van der Waals surface area (Å²) in [4.78, 5) is 30.9. The van der Waals surface area contributed by atoms with E-state index >= 15 is 0 Å². The van der Waals surface area contributed by atoms with E-state index in [9.17, 15) is 9.59 Å². The van der Waals surface area contributed by atoms with E-state index in [-0.39, 0.29) is 23.6 Å². The highest BCUT2D eigenvalue weighted by atomic mass is 16.2. The van der Waals surface area contributed by atoms with Gasteiger partial charge in [-0.15, -0.1) is 10.2 Å². The Balaban J connectivity index is 1.29. The van der Waals surface area contributed by atoms with Gasteiger partial charge in [-0.25, -0.2) is 0 Å². The van der Waals surface area contributed by atoms with Crippen molar-refractivity contribution >= 4 is 23.1 Å². The largest absolute Gasteiger partial charge is 0.382 e. The maximum absolute atomic E-state index is 13.9. The Morgan fingerprint density at radius 3 is 2.86 bits per heavy atom. The van der Waals surface area contributed by atoms with Crippen molar-refractivity contribution in [2.75, 3.05) is 38.0 Å². The number of nitrogens with one attached hydrogen (secondary N) is 2. The van der Waals surface area contributed by atoms with Crippen molar-refractivity contribution in [1.29, 1.82) is 0 Å². The van der Waals surface area contributed by atoms with Crippen LogP contribution in [0.1, 0.15) is 52.7 Å². The minimum Gasteiger partial charge on any atom is -0.382 e. The predicted octanol–water partition coefficient (Wildman–Crippen LogP) is 1.57. The fourth-order valence-electron chi connectivity index (χ4n) is 5.63. The number of aryl methyl sites for hydroxylation is 1. The molecule has 0 spiro atoms. The summed E-state index contributed by atoms with van der Waals surface area (Å²) in [6.45, 7) is 6.39. The second kappa shape index (κ2) is 8.92. The van der Waals surface area contributed by atoms with Gasteiger partial charge in [0, 0.05) is 19.5 Å². The van der Waals surface area contributed by atoms with Gasteiger partial charge >= 0.3 is 0 Å². The molecule has 3 aliphatic heterocycles. The van der Waals surface area contributed by atoms with Gasteiger partial charge in [-0.1, -0.05) is 24.3 Å². The third-order valence-electron chi connectivity index (χ3n) is 7.42. The molecule has 10 heteroatoms. The molecule has 2 amide bonds. The topological polar surface area (TPSA) is 108 Å². The molecule has 2 bridgehead atoms. The van der Waals surface area contributed by atoms with Crippen LogP contribution in [0.2, 0.25) is 0 Å². The van der Waals surface area contributed by atoms with E-state index in [1.54, 1.807) is 15.5 Å². The lowest BCUT2D eigenvalue weighted by Gasteiger charge is -2.45. The highest BCUT2D eigenvalue weighted by Gasteiger charge is 2.45. The molecule has 10 nitrogen and oxygen atoms in total. The first kappa shape index (κ1) is 22.0. The van der Waals surface area contributed by atoms with Crippen molar-refractivity contribution in [3.63, 3.8) is 0 Å². The summed E-state index contributed by atoms with van der Waals surface area (Å²) < 4.78 is 1.61. The Morgan fingerprint density at radius 1 is 1.17 bits per heavy atom. The third-order valence-corrected chi connectivity index (χ3v) is 7.42. The summed E-state index contributed by atoms with van der Waals surface area (Å²) in [6, 6.07) is 9.05. The highest BCUT2D eigenvalue weighted by molar-refractivity contribution is 5.99. The molecular formula is C25H30N8O2. The molecule has 0 unspecified atom stereocenters. The zero-order chi connectivity index (χ0) is 23.9. The van der Waals surface area contributed by atoms with E-state index in [1.165, 1.54) is 25.9 Å². The van der Waals surface area contributed by atoms with Gasteiger partial charge in [-0.2, -0.15) is 9.61 Å². The average Bonchev–Trinajstić information content (AvgIpc) is 3.53. The van der Waals surface area contributed by atoms with Crippen molar-refractivity contribution in [2.45, 2.75) is 44.7 Å². The maximum Gasteiger partial charge on any atom is 0.275 e. The quantitative estimate of drug-likeness (QED) is 0.522. The Labute approximate surface area is 203 Å². The van der Waals surface area contributed by atoms with Crippen LogP contribution < -0.4 is 10.6 Å². The zero-order valence-electron chi connectivity index (χ0n) is 19.9. The Bertz CT molecular complexity index is 1280. The van der Waals surface area contributed by atoms with Crippen molar-refractivity contribution in [2.24, 2.45) is 0 Å². The molecule has 2 saturated heterocycles. The van der Waals surface area contributed by atoms with Crippen molar-refractivity contribution in [3.05, 3.63) is 53.0 Å². The summed E-state index contributed by atoms with van der Waals surface area (Å²) in [6.07, 6.45) is 4.06. The number of carbonyl (C=O) groups is 2. The summed E-state index contributed by atoms with van der Waals surface area (Å²) in [7, 11) is 0. The monoisotopic (exact) mass is 474 g/mol. The fourth-order valence-corrected chi connectivity index (χ4v) is 5.63. The van der Waals surface area contributed by atoms with Gasteiger partial charge in [0.15, 0.2) is 11.5 Å². The third kappa shape index (κ3) is 3.91. The molecule has 5 heterocycles. The Hall–Kier alpha value is -3.53. The van der Waals surface area contributed by atoms with E-state index < -0.39 is 6.04 Å². The number of amides is 2. The Morgan fingerprint density at radius 2 is 2.00 bits per heavy atom. The normalized spacial score (nSPS) is 21.7. The van der Waals surface area contributed by atoms with Crippen LogP contribution >= 0.6 is 0 Å². The van der Waals surface area contributed by atoms with Gasteiger partial charge in [0.25, 0.3) is 5.91 Å². The second-order valence-electron chi connectivity index (χ2n) is 9.65. The number of rotatable bonds is 6. The van der Waals surface area contributed by atoms with Gasteiger partial charge < -0.3 is 20.4 Å². The summed E-state index contributed by atoms with van der Waals surface area (Å²) in [5, 5.41) is 19.5. The molecule has 0 saturated carbocycles. The van der Waals surface area contributed by atoms with Crippen LogP contribution in [-0.4, -0.2) is 80.2 Å². The van der Waals surface area contributed by atoms with Crippen LogP contribution in [0.25, 0.3) is 5.65 Å². The predicted molar refractivity (Wildman–Crippen MR) is 130 cm³/mol. The van der Waals surface area contributed by atoms with E-state index in [0.29, 0.717) is 24.4 Å². The molecule has 2 aromatic heterocycles. The molecule has 3 aromatic rings. The average molecular weight is 475 g/mol. The van der Waals surface area contributed by atoms with E-state index in [2.05, 4.69) is 30.8 Å². The molecule has 2 atom stereocenters. The number of hydrogen-bond acceptors (Lipinski definition) is 7. The summed E-state index contributed by atoms with van der Waals surface area (Å²) in [5.41, 5.74) is 3.82. The number of fused-ring (bicyclic) bond motifs is 5. The van der Waals surface area contributed by atoms with Crippen LogP contribution in [-0.2, 0) is 11.2 Å². The number of benzene rings is 1. The summed E-state index contributed by atoms with van der Waals surface area (Å²) in [5.74, 6) is 0.238. The minimum absolute atomic E-state index is 0.120. The first-order valence-corrected chi connectivity index (χ1v) is 12.5. The lowest BCUT2D eigenvalue weighted by atomic mass is 9.85. The molecule has 0 aliphatic carbocycles. The number of likely N-dealkylation sites (tertiary alicyclic amines) is 1. The molecule has 6 rings (SSSR count). The van der Waals surface area contributed by atoms with Crippen LogP contribution in [0.5, 0.6) is 0 Å². The number of anilines is 1. The second-order valence-corrected chi connectivity index (χ2v) is 9.65. The number of hydrogen-bond donors (Lipinski definition) is 2. The lowest BCUT2D eigenvalue weighted by molar-refractivity contribution is -0.130. The van der Waals surface area contributed by atoms with Crippen LogP contribution in [0.3, 0.4) is 0 Å². The van der Waals surface area contributed by atoms with Gasteiger partial charge in [-0.3, -0.25) is 9.59 Å². The van der Waals surface area contributed by atoms with E-state index in [0.717, 1.165) is 36.3 Å². The first-order chi connectivity index (χ1) is 17.1. The van der Waals surface area contributed by atoms with Crippen molar-refractivity contribution in [1.82, 2.24) is 34.9 Å². The van der Waals surface area contributed by atoms with Crippen LogP contribution in [0.15, 0.2) is 30.3 Å². The smallest absolute Gasteiger partial charge is 0.275 e. The van der Waals surface area contributed by atoms with Gasteiger partial charge in [-0.05, 0) is 63.0 Å². The fraction of sp³-hybridized carbons (Fsp3) is 0.480. The van der Waals surface area contributed by atoms with Crippen molar-refractivity contribution in [3.8, 4) is 0 Å². The number of piperazine rings is 1. The molecule has 0 radical (unpaired) electrons. The standard InChI is InChI=1S/C25H30N8O2/c1-16-28-29-23-19(26-9-6-12-31-10-4-5-11-31)14-20(30-33(16)23)25(35)32-21-13-17-7-2-3-8-18(17)22(32)15-27-24(21)34/h2-3,7-8,14,21-22,26H,4-6,9-13,15H2,1H3,(H,27,34)/t21-,22-/m0/s1. The molecule has 1 aromatic carbocycles. The molecular weight excluding hydrogens is 444 g/mol. The lowest BCUT2D eigenvalue weighted by Crippen LogP contribution is -2.61. The molecule has 2 N–H and O–H groups in total. The van der Waals surface area contributed by atoms with Crippen molar-refractivity contribution < 1.29 is 9.59 Å². The van der Waals surface area contributed by atoms with E-state index in [4.69, 9.17) is 0 Å². The van der Waals surface area contributed by atoms with Crippen LogP contribution in [0.4, 0.5) is 5.69 Å². The minimum atomic E-state index is -0.549. The molecule has 35 heavy (non-hydrogen) atoms. The number of nitrogens with zero attached hydrogens (tertiary/aromatic N) is 6. The van der Waals surface area contributed by atoms with Gasteiger partial charge in [0.1, 0.15) is 6.04 Å².